The standard InChI is InChI=1S/C15H15ClN2O2/c16-12-9-17-15(8-11(12)10-19)18-6-3-7-20-14-5-2-1-4-13(14)18/h1-2,4-5,8-9,19H,3,6-7,10H2. The summed E-state index contributed by atoms with van der Waals surface area (Å²) >= 11 is 6.00. The second kappa shape index (κ2) is 5.69. The van der Waals surface area contributed by atoms with Crippen molar-refractivity contribution < 1.29 is 9.84 Å². The first-order valence-corrected chi connectivity index (χ1v) is 6.92. The van der Waals surface area contributed by atoms with Crippen LogP contribution in [-0.2, 0) is 6.61 Å². The third-order valence-corrected chi connectivity index (χ3v) is 3.65. The van der Waals surface area contributed by atoms with Crippen molar-refractivity contribution in [3.8, 4) is 5.75 Å². The Bertz CT molecular complexity index is 619. The van der Waals surface area contributed by atoms with Gasteiger partial charge in [0.2, 0.25) is 0 Å². The van der Waals surface area contributed by atoms with Crippen molar-refractivity contribution in [3.63, 3.8) is 0 Å². The number of hydrogen-bond acceptors (Lipinski definition) is 4. The maximum atomic E-state index is 9.34. The lowest BCUT2D eigenvalue weighted by molar-refractivity contribution is 0.282. The minimum Gasteiger partial charge on any atom is -0.491 e. The summed E-state index contributed by atoms with van der Waals surface area (Å²) in [7, 11) is 0. The molecule has 0 amide bonds. The first-order chi connectivity index (χ1) is 9.79. The van der Waals surface area contributed by atoms with Gasteiger partial charge in [0.05, 0.1) is 23.9 Å². The van der Waals surface area contributed by atoms with Crippen LogP contribution in [0.5, 0.6) is 5.75 Å². The Morgan fingerprint density at radius 2 is 2.20 bits per heavy atom. The smallest absolute Gasteiger partial charge is 0.142 e. The highest BCUT2D eigenvalue weighted by Gasteiger charge is 2.19. The molecule has 0 bridgehead atoms. The van der Waals surface area contributed by atoms with E-state index in [1.807, 2.05) is 30.3 Å². The Morgan fingerprint density at radius 1 is 1.35 bits per heavy atom. The molecular formula is C15H15ClN2O2. The minimum atomic E-state index is -0.0969. The van der Waals surface area contributed by atoms with E-state index in [1.54, 1.807) is 6.20 Å². The topological polar surface area (TPSA) is 45.6 Å². The third kappa shape index (κ3) is 2.44. The van der Waals surface area contributed by atoms with Gasteiger partial charge in [0.1, 0.15) is 11.6 Å². The molecular weight excluding hydrogens is 276 g/mol. The van der Waals surface area contributed by atoms with Crippen molar-refractivity contribution in [2.45, 2.75) is 13.0 Å². The van der Waals surface area contributed by atoms with Gasteiger partial charge in [-0.2, -0.15) is 0 Å². The summed E-state index contributed by atoms with van der Waals surface area (Å²) in [5.41, 5.74) is 1.67. The van der Waals surface area contributed by atoms with E-state index in [2.05, 4.69) is 9.88 Å². The number of pyridine rings is 1. The fraction of sp³-hybridized carbons (Fsp3) is 0.267. The highest BCUT2D eigenvalue weighted by molar-refractivity contribution is 6.31. The van der Waals surface area contributed by atoms with Gasteiger partial charge < -0.3 is 14.7 Å². The predicted octanol–water partition coefficient (Wildman–Crippen LogP) is 3.15. The number of halogens is 1. The van der Waals surface area contributed by atoms with E-state index >= 15 is 0 Å². The van der Waals surface area contributed by atoms with E-state index in [-0.39, 0.29) is 6.61 Å². The zero-order chi connectivity index (χ0) is 13.9. The molecule has 0 radical (unpaired) electrons. The SMILES string of the molecule is OCc1cc(N2CCCOc3ccccc32)ncc1Cl. The largest absolute Gasteiger partial charge is 0.491 e. The summed E-state index contributed by atoms with van der Waals surface area (Å²) in [6.45, 7) is 1.41. The summed E-state index contributed by atoms with van der Waals surface area (Å²) in [6, 6.07) is 9.72. The van der Waals surface area contributed by atoms with Crippen molar-refractivity contribution in [1.29, 1.82) is 0 Å². The first-order valence-electron chi connectivity index (χ1n) is 6.54. The minimum absolute atomic E-state index is 0.0969. The number of fused-ring (bicyclic) bond motifs is 1. The number of rotatable bonds is 2. The molecule has 3 rings (SSSR count). The zero-order valence-corrected chi connectivity index (χ0v) is 11.7. The van der Waals surface area contributed by atoms with Crippen molar-refractivity contribution in [2.75, 3.05) is 18.1 Å². The second-order valence-electron chi connectivity index (χ2n) is 4.61. The molecule has 2 aromatic rings. The Labute approximate surface area is 122 Å². The van der Waals surface area contributed by atoms with Crippen LogP contribution < -0.4 is 9.64 Å². The number of aliphatic hydroxyl groups is 1. The van der Waals surface area contributed by atoms with Crippen LogP contribution in [0.25, 0.3) is 0 Å². The molecule has 0 unspecified atom stereocenters. The molecule has 0 fully saturated rings. The van der Waals surface area contributed by atoms with Gasteiger partial charge in [-0.25, -0.2) is 4.98 Å². The van der Waals surface area contributed by atoms with E-state index in [1.165, 1.54) is 0 Å². The van der Waals surface area contributed by atoms with Gasteiger partial charge in [-0.3, -0.25) is 0 Å². The van der Waals surface area contributed by atoms with Crippen LogP contribution in [0.1, 0.15) is 12.0 Å². The van der Waals surface area contributed by atoms with Crippen molar-refractivity contribution >= 4 is 23.1 Å². The molecule has 1 aliphatic rings. The maximum Gasteiger partial charge on any atom is 0.142 e. The molecule has 1 N–H and O–H groups in total. The molecule has 1 aromatic heterocycles. The Hall–Kier alpha value is -1.78. The predicted molar refractivity (Wildman–Crippen MR) is 78.7 cm³/mol. The molecule has 0 aliphatic carbocycles. The van der Waals surface area contributed by atoms with Crippen LogP contribution in [0.2, 0.25) is 5.02 Å². The summed E-state index contributed by atoms with van der Waals surface area (Å²) in [6.07, 6.45) is 2.49. The van der Waals surface area contributed by atoms with Gasteiger partial charge in [-0.15, -0.1) is 0 Å². The number of ether oxygens (including phenoxy) is 1. The van der Waals surface area contributed by atoms with Crippen molar-refractivity contribution in [2.24, 2.45) is 0 Å². The van der Waals surface area contributed by atoms with Gasteiger partial charge in [-0.05, 0) is 24.6 Å². The van der Waals surface area contributed by atoms with Gasteiger partial charge in [0.15, 0.2) is 0 Å². The van der Waals surface area contributed by atoms with E-state index in [0.717, 1.165) is 30.2 Å². The van der Waals surface area contributed by atoms with E-state index in [9.17, 15) is 5.11 Å². The summed E-state index contributed by atoms with van der Waals surface area (Å²) in [4.78, 5) is 6.47. The number of aromatic nitrogens is 1. The van der Waals surface area contributed by atoms with Crippen molar-refractivity contribution in [3.05, 3.63) is 47.1 Å². The fourth-order valence-electron chi connectivity index (χ4n) is 2.30. The van der Waals surface area contributed by atoms with Crippen LogP contribution in [0.15, 0.2) is 36.5 Å². The molecule has 0 spiro atoms. The third-order valence-electron chi connectivity index (χ3n) is 3.31. The number of nitrogens with zero attached hydrogens (tertiary/aromatic N) is 2. The van der Waals surface area contributed by atoms with Crippen molar-refractivity contribution in [1.82, 2.24) is 4.98 Å². The average molecular weight is 291 g/mol. The molecule has 20 heavy (non-hydrogen) atoms. The molecule has 4 nitrogen and oxygen atoms in total. The summed E-state index contributed by atoms with van der Waals surface area (Å²) < 4.78 is 5.74. The van der Waals surface area contributed by atoms with E-state index in [0.29, 0.717) is 17.2 Å². The molecule has 104 valence electrons. The number of anilines is 2. The number of aliphatic hydroxyl groups excluding tert-OH is 1. The Kier molecular flexibility index (Phi) is 3.76. The lowest BCUT2D eigenvalue weighted by Gasteiger charge is -2.23. The molecule has 2 heterocycles. The van der Waals surface area contributed by atoms with Gasteiger partial charge in [0, 0.05) is 18.3 Å². The lowest BCUT2D eigenvalue weighted by atomic mass is 10.2. The second-order valence-corrected chi connectivity index (χ2v) is 5.02. The molecule has 0 saturated carbocycles. The monoisotopic (exact) mass is 290 g/mol. The summed E-state index contributed by atoms with van der Waals surface area (Å²) in [5.74, 6) is 1.63. The van der Waals surface area contributed by atoms with Crippen LogP contribution in [0, 0.1) is 0 Å². The molecule has 1 aliphatic heterocycles. The lowest BCUT2D eigenvalue weighted by Crippen LogP contribution is -2.19. The normalized spacial score (nSPS) is 14.4. The van der Waals surface area contributed by atoms with Crippen LogP contribution >= 0.6 is 11.6 Å². The average Bonchev–Trinajstić information content (AvgIpc) is 2.70. The zero-order valence-electron chi connectivity index (χ0n) is 10.9. The van der Waals surface area contributed by atoms with E-state index in [4.69, 9.17) is 16.3 Å². The fourth-order valence-corrected chi connectivity index (χ4v) is 2.47. The Balaban J connectivity index is 2.05. The Morgan fingerprint density at radius 3 is 3.05 bits per heavy atom. The van der Waals surface area contributed by atoms with Gasteiger partial charge in [-0.1, -0.05) is 23.7 Å². The van der Waals surface area contributed by atoms with E-state index < -0.39 is 0 Å². The highest BCUT2D eigenvalue weighted by Crippen LogP contribution is 2.35. The highest BCUT2D eigenvalue weighted by atomic mass is 35.5. The molecule has 5 heteroatoms. The van der Waals surface area contributed by atoms with Gasteiger partial charge >= 0.3 is 0 Å². The molecule has 0 atom stereocenters. The van der Waals surface area contributed by atoms with Gasteiger partial charge in [0.25, 0.3) is 0 Å². The first kappa shape index (κ1) is 13.2. The number of para-hydroxylation sites is 2. The molecule has 0 saturated heterocycles. The molecule has 1 aromatic carbocycles. The van der Waals surface area contributed by atoms with Crippen LogP contribution in [0.3, 0.4) is 0 Å². The number of benzene rings is 1. The van der Waals surface area contributed by atoms with Crippen LogP contribution in [-0.4, -0.2) is 23.2 Å². The quantitative estimate of drug-likeness (QED) is 0.923. The van der Waals surface area contributed by atoms with Crippen LogP contribution in [0.4, 0.5) is 11.5 Å². The maximum absolute atomic E-state index is 9.34. The summed E-state index contributed by atoms with van der Waals surface area (Å²) in [5, 5.41) is 9.82. The number of hydrogen-bond donors (Lipinski definition) is 1.